The fraction of sp³-hybridized carbons (Fsp3) is 0.222. The number of nitrogens with zero attached hydrogens (tertiary/aromatic N) is 1. The summed E-state index contributed by atoms with van der Waals surface area (Å²) in [7, 11) is 0. The second-order valence-electron chi connectivity index (χ2n) is 6.41. The van der Waals surface area contributed by atoms with Crippen LogP contribution in [0.4, 0.5) is 5.82 Å². The van der Waals surface area contributed by atoms with E-state index in [4.69, 9.17) is 26.5 Å². The highest BCUT2D eigenvalue weighted by Gasteiger charge is 2.30. The number of fused-ring (bicyclic) bond motifs is 1. The lowest BCUT2D eigenvalue weighted by molar-refractivity contribution is 0.0446. The number of carbonyl (C=O) groups excluding carboxylic acids is 2. The number of ether oxygens (including phenoxy) is 1. The molecule has 0 atom stereocenters. The first-order valence-corrected chi connectivity index (χ1v) is 8.76. The number of H-pyrrole nitrogens is 1. The van der Waals surface area contributed by atoms with Crippen molar-refractivity contribution >= 4 is 40.1 Å². The summed E-state index contributed by atoms with van der Waals surface area (Å²) in [6.07, 6.45) is 1.46. The summed E-state index contributed by atoms with van der Waals surface area (Å²) >= 11 is 5.89. The molecule has 10 heteroatoms. The number of carbonyl (C=O) groups is 2. The van der Waals surface area contributed by atoms with Crippen molar-refractivity contribution in [1.82, 2.24) is 9.55 Å². The number of Topliss-reactive ketones (excluding diaryl/α,β-unsaturated/α-hetero) is 1. The molecule has 0 aliphatic heterocycles. The summed E-state index contributed by atoms with van der Waals surface area (Å²) in [4.78, 5) is 50.6. The van der Waals surface area contributed by atoms with Crippen LogP contribution < -0.4 is 17.0 Å². The van der Waals surface area contributed by atoms with Gasteiger partial charge in [-0.15, -0.1) is 0 Å². The maximum absolute atomic E-state index is 12.4. The summed E-state index contributed by atoms with van der Waals surface area (Å²) in [6.45, 7) is -0.729. The molecule has 144 valence electrons. The van der Waals surface area contributed by atoms with Crippen molar-refractivity contribution in [1.29, 1.82) is 0 Å². The van der Waals surface area contributed by atoms with E-state index in [9.17, 15) is 19.2 Å². The number of nitrogens with two attached hydrogens (primary N) is 1. The number of rotatable bonds is 5. The van der Waals surface area contributed by atoms with Crippen LogP contribution in [0.15, 0.2) is 38.3 Å². The SMILES string of the molecule is Nc1c(C(=O)COC(=O)c2cc3cc(Cl)ccc3o2)c(=O)[nH]c(=O)n1C1CC1. The van der Waals surface area contributed by atoms with Gasteiger partial charge in [-0.3, -0.25) is 19.1 Å². The van der Waals surface area contributed by atoms with Gasteiger partial charge in [0.25, 0.3) is 5.56 Å². The topological polar surface area (TPSA) is 137 Å². The number of nitrogens with one attached hydrogen (secondary N) is 1. The minimum Gasteiger partial charge on any atom is -0.451 e. The molecule has 1 fully saturated rings. The Bertz CT molecular complexity index is 1230. The van der Waals surface area contributed by atoms with Gasteiger partial charge in [-0.25, -0.2) is 9.59 Å². The normalized spacial score (nSPS) is 13.6. The zero-order valence-electron chi connectivity index (χ0n) is 14.4. The van der Waals surface area contributed by atoms with E-state index in [0.29, 0.717) is 16.0 Å². The van der Waals surface area contributed by atoms with Crippen LogP contribution in [0.3, 0.4) is 0 Å². The van der Waals surface area contributed by atoms with E-state index in [2.05, 4.69) is 4.98 Å². The van der Waals surface area contributed by atoms with E-state index in [1.165, 1.54) is 10.6 Å². The Morgan fingerprint density at radius 3 is 2.75 bits per heavy atom. The molecule has 0 spiro atoms. The van der Waals surface area contributed by atoms with Crippen LogP contribution >= 0.6 is 11.6 Å². The number of hydrogen-bond acceptors (Lipinski definition) is 7. The third-order valence-corrected chi connectivity index (χ3v) is 4.62. The maximum atomic E-state index is 12.4. The number of aromatic nitrogens is 2. The number of ketones is 1. The van der Waals surface area contributed by atoms with E-state index in [1.807, 2.05) is 0 Å². The van der Waals surface area contributed by atoms with Crippen LogP contribution in [0.1, 0.15) is 39.8 Å². The van der Waals surface area contributed by atoms with Gasteiger partial charge >= 0.3 is 11.7 Å². The molecule has 0 radical (unpaired) electrons. The second kappa shape index (κ2) is 6.68. The molecule has 2 aromatic heterocycles. The molecule has 0 unspecified atom stereocenters. The van der Waals surface area contributed by atoms with E-state index in [-0.39, 0.29) is 17.6 Å². The van der Waals surface area contributed by atoms with Crippen molar-refractivity contribution in [3.63, 3.8) is 0 Å². The number of benzene rings is 1. The van der Waals surface area contributed by atoms with E-state index in [0.717, 1.165) is 12.8 Å². The highest BCUT2D eigenvalue weighted by atomic mass is 35.5. The van der Waals surface area contributed by atoms with Crippen LogP contribution in [0, 0.1) is 0 Å². The summed E-state index contributed by atoms with van der Waals surface area (Å²) in [5, 5.41) is 1.08. The number of esters is 1. The number of halogens is 1. The van der Waals surface area contributed by atoms with Crippen molar-refractivity contribution < 1.29 is 18.7 Å². The van der Waals surface area contributed by atoms with Gasteiger partial charge in [-0.1, -0.05) is 11.6 Å². The number of anilines is 1. The number of furan rings is 1. The summed E-state index contributed by atoms with van der Waals surface area (Å²) in [5.41, 5.74) is 4.30. The maximum Gasteiger partial charge on any atom is 0.374 e. The lowest BCUT2D eigenvalue weighted by Crippen LogP contribution is -2.36. The molecule has 0 bridgehead atoms. The van der Waals surface area contributed by atoms with Crippen LogP contribution in [0.5, 0.6) is 0 Å². The Morgan fingerprint density at radius 2 is 2.04 bits per heavy atom. The average Bonchev–Trinajstić information content (AvgIpc) is 3.36. The standard InChI is InChI=1S/C18H14ClN3O6/c19-9-1-4-12-8(5-9)6-13(28-12)17(25)27-7-11(23)14-15(20)22(10-2-3-10)18(26)21-16(14)24/h1,4-6,10H,2-3,7,20H2,(H,21,24,26). The quantitative estimate of drug-likeness (QED) is 0.490. The van der Waals surface area contributed by atoms with Gasteiger partial charge in [-0.05, 0) is 37.1 Å². The van der Waals surface area contributed by atoms with Crippen LogP contribution in [0.25, 0.3) is 11.0 Å². The number of nitrogen functional groups attached to an aromatic ring is 1. The van der Waals surface area contributed by atoms with Gasteiger partial charge in [0.15, 0.2) is 6.61 Å². The molecule has 0 saturated heterocycles. The molecule has 28 heavy (non-hydrogen) atoms. The van der Waals surface area contributed by atoms with E-state index < -0.39 is 35.2 Å². The Kier molecular flexibility index (Phi) is 4.31. The summed E-state index contributed by atoms with van der Waals surface area (Å²) in [5.74, 6) is -2.04. The molecular weight excluding hydrogens is 390 g/mol. The van der Waals surface area contributed by atoms with Gasteiger partial charge < -0.3 is 14.9 Å². The van der Waals surface area contributed by atoms with Gasteiger partial charge in [0.1, 0.15) is 17.0 Å². The fourth-order valence-electron chi connectivity index (χ4n) is 2.92. The van der Waals surface area contributed by atoms with Crippen molar-refractivity contribution in [2.75, 3.05) is 12.3 Å². The van der Waals surface area contributed by atoms with Gasteiger partial charge in [0, 0.05) is 16.5 Å². The summed E-state index contributed by atoms with van der Waals surface area (Å²) < 4.78 is 11.5. The Hall–Kier alpha value is -3.33. The first-order valence-electron chi connectivity index (χ1n) is 8.39. The van der Waals surface area contributed by atoms with Crippen molar-refractivity contribution in [3.05, 3.63) is 61.4 Å². The van der Waals surface area contributed by atoms with Gasteiger partial charge in [-0.2, -0.15) is 0 Å². The summed E-state index contributed by atoms with van der Waals surface area (Å²) in [6, 6.07) is 6.11. The molecule has 4 rings (SSSR count). The van der Waals surface area contributed by atoms with Crippen LogP contribution in [-0.4, -0.2) is 27.9 Å². The zero-order valence-corrected chi connectivity index (χ0v) is 15.1. The van der Waals surface area contributed by atoms with E-state index in [1.54, 1.807) is 18.2 Å². The van der Waals surface area contributed by atoms with Crippen molar-refractivity contribution in [2.24, 2.45) is 0 Å². The van der Waals surface area contributed by atoms with Crippen molar-refractivity contribution in [3.8, 4) is 0 Å². The molecule has 1 aliphatic carbocycles. The molecule has 1 saturated carbocycles. The largest absolute Gasteiger partial charge is 0.451 e. The lowest BCUT2D eigenvalue weighted by atomic mass is 10.2. The Balaban J connectivity index is 1.54. The molecule has 2 heterocycles. The van der Waals surface area contributed by atoms with Crippen LogP contribution in [-0.2, 0) is 4.74 Å². The second-order valence-corrected chi connectivity index (χ2v) is 6.85. The number of aromatic amines is 1. The molecule has 3 aromatic rings. The fourth-order valence-corrected chi connectivity index (χ4v) is 3.10. The monoisotopic (exact) mass is 403 g/mol. The van der Waals surface area contributed by atoms with Crippen LogP contribution in [0.2, 0.25) is 5.02 Å². The highest BCUT2D eigenvalue weighted by Crippen LogP contribution is 2.35. The first-order chi connectivity index (χ1) is 13.3. The van der Waals surface area contributed by atoms with Crippen molar-refractivity contribution in [2.45, 2.75) is 18.9 Å². The lowest BCUT2D eigenvalue weighted by Gasteiger charge is -2.11. The average molecular weight is 404 g/mol. The zero-order chi connectivity index (χ0) is 20.0. The molecule has 3 N–H and O–H groups in total. The molecule has 9 nitrogen and oxygen atoms in total. The van der Waals surface area contributed by atoms with E-state index >= 15 is 0 Å². The third-order valence-electron chi connectivity index (χ3n) is 4.39. The highest BCUT2D eigenvalue weighted by molar-refractivity contribution is 6.31. The van der Waals surface area contributed by atoms with Gasteiger partial charge in [0.05, 0.1) is 0 Å². The first kappa shape index (κ1) is 18.1. The predicted molar refractivity (Wildman–Crippen MR) is 99.8 cm³/mol. The minimum absolute atomic E-state index is 0.116. The number of hydrogen-bond donors (Lipinski definition) is 2. The molecule has 1 aliphatic rings. The smallest absolute Gasteiger partial charge is 0.374 e. The Morgan fingerprint density at radius 1 is 1.29 bits per heavy atom. The molecule has 1 aromatic carbocycles. The Labute approximate surface area is 161 Å². The van der Waals surface area contributed by atoms with Gasteiger partial charge in [0.2, 0.25) is 11.5 Å². The minimum atomic E-state index is -0.918. The molecular formula is C18H14ClN3O6. The molecule has 0 amide bonds. The third kappa shape index (κ3) is 3.20. The predicted octanol–water partition coefficient (Wildman–Crippen LogP) is 1.89.